The molecule has 0 bridgehead atoms. The van der Waals surface area contributed by atoms with Crippen LogP contribution in [-0.2, 0) is 16.1 Å². The average Bonchev–Trinajstić information content (AvgIpc) is 3.52. The molecule has 1 fully saturated rings. The molecule has 9 nitrogen and oxygen atoms in total. The van der Waals surface area contributed by atoms with E-state index in [0.29, 0.717) is 17.8 Å². The molecular weight excluding hydrogens is 456 g/mol. The molecule has 0 unspecified atom stereocenters. The predicted octanol–water partition coefficient (Wildman–Crippen LogP) is 2.47. The number of urea groups is 1. The van der Waals surface area contributed by atoms with Gasteiger partial charge in [0.25, 0.3) is 0 Å². The summed E-state index contributed by atoms with van der Waals surface area (Å²) in [5, 5.41) is 7.69. The largest absolute Gasteiger partial charge is 0.463 e. The number of piperazine rings is 1. The fourth-order valence-electron chi connectivity index (χ4n) is 4.49. The lowest BCUT2D eigenvalue weighted by Crippen LogP contribution is -2.51. The lowest BCUT2D eigenvalue weighted by atomic mass is 10.0. The van der Waals surface area contributed by atoms with Gasteiger partial charge in [0.15, 0.2) is 11.5 Å². The highest BCUT2D eigenvalue weighted by atomic mass is 32.1. The van der Waals surface area contributed by atoms with E-state index in [9.17, 15) is 9.59 Å². The van der Waals surface area contributed by atoms with Gasteiger partial charge in [0.05, 0.1) is 18.2 Å². The minimum absolute atomic E-state index is 0.277. The third-order valence-corrected chi connectivity index (χ3v) is 7.10. The normalized spacial score (nSPS) is 20.7. The molecule has 1 atom stereocenters. The van der Waals surface area contributed by atoms with E-state index in [1.165, 1.54) is 16.9 Å². The number of ether oxygens (including phenoxy) is 3. The minimum atomic E-state index is -0.505. The molecule has 1 saturated heterocycles. The van der Waals surface area contributed by atoms with Crippen LogP contribution < -0.4 is 20.1 Å². The first-order chi connectivity index (χ1) is 16.6. The van der Waals surface area contributed by atoms with Gasteiger partial charge in [0.2, 0.25) is 6.79 Å². The van der Waals surface area contributed by atoms with E-state index in [0.717, 1.165) is 49.1 Å². The molecule has 0 saturated carbocycles. The third-order valence-electron chi connectivity index (χ3n) is 6.17. The molecule has 4 heterocycles. The first-order valence-corrected chi connectivity index (χ1v) is 12.3. The number of esters is 1. The van der Waals surface area contributed by atoms with Gasteiger partial charge in [0.1, 0.15) is 0 Å². The summed E-state index contributed by atoms with van der Waals surface area (Å²) in [6.07, 6.45) is 0. The number of carbonyl (C=O) groups excluding carboxylic acids is 2. The summed E-state index contributed by atoms with van der Waals surface area (Å²) in [4.78, 5) is 30.9. The maximum Gasteiger partial charge on any atom is 0.338 e. The Kier molecular flexibility index (Phi) is 6.70. The van der Waals surface area contributed by atoms with E-state index in [-0.39, 0.29) is 19.4 Å². The Morgan fingerprint density at radius 1 is 1.12 bits per heavy atom. The Morgan fingerprint density at radius 3 is 2.62 bits per heavy atom. The number of nitrogens with one attached hydrogen (secondary N) is 2. The highest BCUT2D eigenvalue weighted by Gasteiger charge is 2.35. The topological polar surface area (TPSA) is 92.4 Å². The maximum atomic E-state index is 12.9. The smallest absolute Gasteiger partial charge is 0.338 e. The number of amides is 2. The SMILES string of the molecule is CCOC(=O)C1=C(CN2CCN(Cc3ccc4c(c3)OCO4)CC2)NC(=O)N[C@@H]1c1cccs1. The van der Waals surface area contributed by atoms with Gasteiger partial charge >= 0.3 is 12.0 Å². The molecule has 5 rings (SSSR count). The van der Waals surface area contributed by atoms with Crippen molar-refractivity contribution in [3.8, 4) is 11.5 Å². The number of hydrogen-bond acceptors (Lipinski definition) is 8. The second kappa shape index (κ2) is 10.0. The van der Waals surface area contributed by atoms with Gasteiger partial charge in [-0.1, -0.05) is 12.1 Å². The molecule has 3 aliphatic heterocycles. The van der Waals surface area contributed by atoms with Crippen molar-refractivity contribution in [1.82, 2.24) is 20.4 Å². The fourth-order valence-corrected chi connectivity index (χ4v) is 5.27. The molecule has 1 aromatic carbocycles. The van der Waals surface area contributed by atoms with Crippen molar-refractivity contribution in [2.24, 2.45) is 0 Å². The van der Waals surface area contributed by atoms with E-state index < -0.39 is 12.0 Å². The van der Waals surface area contributed by atoms with Gasteiger partial charge in [-0.2, -0.15) is 0 Å². The van der Waals surface area contributed by atoms with Crippen molar-refractivity contribution >= 4 is 23.3 Å². The zero-order chi connectivity index (χ0) is 23.5. The van der Waals surface area contributed by atoms with Gasteiger partial charge < -0.3 is 24.8 Å². The highest BCUT2D eigenvalue weighted by molar-refractivity contribution is 7.10. The summed E-state index contributed by atoms with van der Waals surface area (Å²) in [7, 11) is 0. The number of nitrogens with zero attached hydrogens (tertiary/aromatic N) is 2. The first-order valence-electron chi connectivity index (χ1n) is 11.4. The molecule has 180 valence electrons. The zero-order valence-electron chi connectivity index (χ0n) is 19.0. The Bertz CT molecular complexity index is 1080. The Morgan fingerprint density at radius 2 is 1.88 bits per heavy atom. The van der Waals surface area contributed by atoms with Crippen molar-refractivity contribution in [1.29, 1.82) is 0 Å². The lowest BCUT2D eigenvalue weighted by molar-refractivity contribution is -0.139. The van der Waals surface area contributed by atoms with Gasteiger partial charge in [-0.25, -0.2) is 9.59 Å². The molecule has 2 aromatic rings. The molecule has 10 heteroatoms. The van der Waals surface area contributed by atoms with E-state index in [2.05, 4.69) is 26.5 Å². The number of fused-ring (bicyclic) bond motifs is 1. The molecule has 3 aliphatic rings. The van der Waals surface area contributed by atoms with Crippen LogP contribution in [0.5, 0.6) is 11.5 Å². The standard InChI is InChI=1S/C24H28N4O5S/c1-2-31-23(29)21-17(25-24(30)26-22(21)20-4-3-11-34-20)14-28-9-7-27(8-10-28)13-16-5-6-18-19(12-16)33-15-32-18/h3-6,11-12,22H,2,7-10,13-15H2,1H3,(H2,25,26,30)/t22-/m1/s1. The molecule has 0 radical (unpaired) electrons. The van der Waals surface area contributed by atoms with Crippen molar-refractivity contribution in [2.45, 2.75) is 19.5 Å². The summed E-state index contributed by atoms with van der Waals surface area (Å²) < 4.78 is 16.2. The number of hydrogen-bond donors (Lipinski definition) is 2. The zero-order valence-corrected chi connectivity index (χ0v) is 19.9. The Labute approximate surface area is 202 Å². The van der Waals surface area contributed by atoms with Crippen LogP contribution in [0, 0.1) is 0 Å². The van der Waals surface area contributed by atoms with E-state index in [1.807, 2.05) is 29.6 Å². The summed E-state index contributed by atoms with van der Waals surface area (Å²) >= 11 is 1.51. The summed E-state index contributed by atoms with van der Waals surface area (Å²) in [6.45, 7) is 7.10. The van der Waals surface area contributed by atoms with Gasteiger partial charge in [0, 0.05) is 49.8 Å². The van der Waals surface area contributed by atoms with Crippen LogP contribution >= 0.6 is 11.3 Å². The number of carbonyl (C=O) groups is 2. The average molecular weight is 485 g/mol. The quantitative estimate of drug-likeness (QED) is 0.584. The second-order valence-corrected chi connectivity index (χ2v) is 9.38. The number of thiophene rings is 1. The Balaban J connectivity index is 1.26. The van der Waals surface area contributed by atoms with Crippen LogP contribution in [0.25, 0.3) is 0 Å². The molecule has 2 amide bonds. The number of rotatable bonds is 7. The summed E-state index contributed by atoms with van der Waals surface area (Å²) in [5.74, 6) is 1.20. The third kappa shape index (κ3) is 4.89. The van der Waals surface area contributed by atoms with Crippen molar-refractivity contribution in [3.63, 3.8) is 0 Å². The van der Waals surface area contributed by atoms with Crippen molar-refractivity contribution in [3.05, 3.63) is 57.4 Å². The molecule has 0 spiro atoms. The van der Waals surface area contributed by atoms with Crippen LogP contribution in [0.2, 0.25) is 0 Å². The van der Waals surface area contributed by atoms with Crippen molar-refractivity contribution < 1.29 is 23.8 Å². The predicted molar refractivity (Wildman–Crippen MR) is 127 cm³/mol. The van der Waals surface area contributed by atoms with Crippen LogP contribution in [0.1, 0.15) is 23.4 Å². The lowest BCUT2D eigenvalue weighted by Gasteiger charge is -2.37. The molecule has 0 aliphatic carbocycles. The summed E-state index contributed by atoms with van der Waals surface area (Å²) in [6, 6.07) is 9.11. The first kappa shape index (κ1) is 22.7. The van der Waals surface area contributed by atoms with Crippen molar-refractivity contribution in [2.75, 3.05) is 46.1 Å². The molecule has 1 aromatic heterocycles. The monoisotopic (exact) mass is 484 g/mol. The maximum absolute atomic E-state index is 12.9. The van der Waals surface area contributed by atoms with Gasteiger partial charge in [-0.3, -0.25) is 9.80 Å². The van der Waals surface area contributed by atoms with Gasteiger partial charge in [-0.15, -0.1) is 11.3 Å². The summed E-state index contributed by atoms with van der Waals surface area (Å²) in [5.41, 5.74) is 2.28. The Hall–Kier alpha value is -3.08. The van der Waals surface area contributed by atoms with Crippen LogP contribution in [0.4, 0.5) is 4.79 Å². The molecule has 34 heavy (non-hydrogen) atoms. The van der Waals surface area contributed by atoms with Crippen LogP contribution in [0.15, 0.2) is 47.0 Å². The van der Waals surface area contributed by atoms with E-state index in [1.54, 1.807) is 6.92 Å². The van der Waals surface area contributed by atoms with E-state index in [4.69, 9.17) is 14.2 Å². The second-order valence-electron chi connectivity index (χ2n) is 8.40. The van der Waals surface area contributed by atoms with Crippen LogP contribution in [0.3, 0.4) is 0 Å². The molecule has 2 N–H and O–H groups in total. The van der Waals surface area contributed by atoms with Gasteiger partial charge in [-0.05, 0) is 36.1 Å². The van der Waals surface area contributed by atoms with Crippen LogP contribution in [-0.4, -0.2) is 67.9 Å². The minimum Gasteiger partial charge on any atom is -0.463 e. The fraction of sp³-hybridized carbons (Fsp3) is 0.417. The highest BCUT2D eigenvalue weighted by Crippen LogP contribution is 2.33. The van der Waals surface area contributed by atoms with E-state index >= 15 is 0 Å². The molecular formula is C24H28N4O5S. The number of benzene rings is 1.